The van der Waals surface area contributed by atoms with E-state index < -0.39 is 0 Å². The summed E-state index contributed by atoms with van der Waals surface area (Å²) in [6.45, 7) is 10.8. The second-order valence-electron chi connectivity index (χ2n) is 11.2. The second-order valence-corrected chi connectivity index (χ2v) is 11.2. The highest BCUT2D eigenvalue weighted by Gasteiger charge is 2.20. The van der Waals surface area contributed by atoms with Gasteiger partial charge in [0, 0.05) is 55.5 Å². The highest BCUT2D eigenvalue weighted by molar-refractivity contribution is 5.79. The lowest BCUT2D eigenvalue weighted by Crippen LogP contribution is -2.40. The molecule has 1 fully saturated rings. The maximum absolute atomic E-state index is 11.5. The Morgan fingerprint density at radius 3 is 2.73 bits per heavy atom. The monoisotopic (exact) mass is 541 g/mol. The van der Waals surface area contributed by atoms with E-state index in [2.05, 4.69) is 61.7 Å². The molecule has 212 valence electrons. The van der Waals surface area contributed by atoms with Crippen molar-refractivity contribution >= 4 is 10.9 Å². The van der Waals surface area contributed by atoms with Gasteiger partial charge in [-0.3, -0.25) is 9.69 Å². The topological polar surface area (TPSA) is 66.4 Å². The Balaban J connectivity index is 1.05. The Morgan fingerprint density at radius 2 is 1.90 bits per heavy atom. The third-order valence-corrected chi connectivity index (χ3v) is 8.21. The van der Waals surface area contributed by atoms with Gasteiger partial charge in [0.1, 0.15) is 5.75 Å². The van der Waals surface area contributed by atoms with E-state index in [-0.39, 0.29) is 5.56 Å². The summed E-state index contributed by atoms with van der Waals surface area (Å²) < 4.78 is 8.24. The lowest BCUT2D eigenvalue weighted by atomic mass is 9.97. The molecular formula is C33H43N5O2. The number of pyridine rings is 1. The fraction of sp³-hybridized carbons (Fsp3) is 0.455. The summed E-state index contributed by atoms with van der Waals surface area (Å²) in [5.41, 5.74) is 3.57. The predicted octanol–water partition coefficient (Wildman–Crippen LogP) is 5.50. The molecule has 0 spiro atoms. The predicted molar refractivity (Wildman–Crippen MR) is 162 cm³/mol. The molecule has 0 amide bonds. The van der Waals surface area contributed by atoms with E-state index >= 15 is 0 Å². The Bertz CT molecular complexity index is 1380. The van der Waals surface area contributed by atoms with Gasteiger partial charge in [0.05, 0.1) is 12.9 Å². The molecule has 2 aromatic carbocycles. The van der Waals surface area contributed by atoms with E-state index in [1.165, 1.54) is 43.5 Å². The highest BCUT2D eigenvalue weighted by Crippen LogP contribution is 2.20. The number of unbranched alkanes of at least 4 members (excludes halogenated alkanes) is 2. The van der Waals surface area contributed by atoms with Crippen molar-refractivity contribution in [3.05, 3.63) is 94.8 Å². The molecule has 5 rings (SSSR count). The molecule has 1 saturated heterocycles. The molecular weight excluding hydrogens is 498 g/mol. The van der Waals surface area contributed by atoms with Crippen molar-refractivity contribution in [1.29, 1.82) is 0 Å². The summed E-state index contributed by atoms with van der Waals surface area (Å²) in [4.78, 5) is 23.8. The van der Waals surface area contributed by atoms with Crippen LogP contribution in [-0.4, -0.2) is 63.7 Å². The maximum Gasteiger partial charge on any atom is 0.248 e. The molecule has 1 aliphatic heterocycles. The number of nitrogens with zero attached hydrogens (tertiary/aromatic N) is 4. The van der Waals surface area contributed by atoms with Gasteiger partial charge in [-0.25, -0.2) is 4.98 Å². The van der Waals surface area contributed by atoms with Crippen LogP contribution in [0, 0.1) is 12.8 Å². The molecule has 0 unspecified atom stereocenters. The van der Waals surface area contributed by atoms with Gasteiger partial charge in [0.25, 0.3) is 0 Å². The molecule has 7 nitrogen and oxygen atoms in total. The van der Waals surface area contributed by atoms with Crippen LogP contribution in [0.3, 0.4) is 0 Å². The molecule has 1 aliphatic rings. The minimum absolute atomic E-state index is 0.0798. The number of rotatable bonds is 14. The number of hydrogen-bond acceptors (Lipinski definition) is 5. The normalized spacial score (nSPS) is 14.8. The van der Waals surface area contributed by atoms with Gasteiger partial charge >= 0.3 is 0 Å². The first-order chi connectivity index (χ1) is 19.6. The van der Waals surface area contributed by atoms with E-state index in [1.54, 1.807) is 6.07 Å². The number of H-pyrrole nitrogens is 1. The Morgan fingerprint density at radius 1 is 1.02 bits per heavy atom. The molecule has 3 heterocycles. The first-order valence-electron chi connectivity index (χ1n) is 14.8. The van der Waals surface area contributed by atoms with E-state index in [0.717, 1.165) is 68.1 Å². The van der Waals surface area contributed by atoms with Crippen molar-refractivity contribution in [2.24, 2.45) is 5.92 Å². The minimum Gasteiger partial charge on any atom is -0.494 e. The number of ether oxygens (including phenoxy) is 1. The fourth-order valence-corrected chi connectivity index (χ4v) is 5.69. The summed E-state index contributed by atoms with van der Waals surface area (Å²) >= 11 is 0. The quantitative estimate of drug-likeness (QED) is 0.214. The minimum atomic E-state index is -0.0798. The van der Waals surface area contributed by atoms with Crippen LogP contribution >= 0.6 is 0 Å². The third kappa shape index (κ3) is 8.29. The van der Waals surface area contributed by atoms with Crippen LogP contribution in [0.25, 0.3) is 10.9 Å². The number of hydrogen-bond donors (Lipinski definition) is 1. The number of nitrogens with one attached hydrogen (secondary N) is 1. The largest absolute Gasteiger partial charge is 0.494 e. The fourth-order valence-electron chi connectivity index (χ4n) is 5.69. The van der Waals surface area contributed by atoms with Crippen LogP contribution < -0.4 is 10.3 Å². The zero-order chi connectivity index (χ0) is 27.6. The van der Waals surface area contributed by atoms with Gasteiger partial charge in [-0.05, 0) is 100.0 Å². The summed E-state index contributed by atoms with van der Waals surface area (Å²) in [6.07, 6.45) is 11.8. The number of likely N-dealkylation sites (tertiary alicyclic amines) is 1. The number of aryl methyl sites for hydroxylation is 1. The summed E-state index contributed by atoms with van der Waals surface area (Å²) in [6, 6.07) is 18.0. The first kappa shape index (κ1) is 28.1. The van der Waals surface area contributed by atoms with E-state index in [9.17, 15) is 4.79 Å². The maximum atomic E-state index is 11.5. The molecule has 0 saturated carbocycles. The average Bonchev–Trinajstić information content (AvgIpc) is 3.48. The molecule has 2 aromatic heterocycles. The van der Waals surface area contributed by atoms with E-state index in [1.807, 2.05) is 36.8 Å². The SMILES string of the molecule is Cc1ccccc1CN(CCCCCOc1ccc2[nH]c(=O)ccc2c1)CCN1CCC(Cn2ccnc2)CC1. The van der Waals surface area contributed by atoms with Crippen LogP contribution in [0.1, 0.15) is 43.2 Å². The summed E-state index contributed by atoms with van der Waals surface area (Å²) in [5, 5.41) is 0.992. The number of aromatic amines is 1. The van der Waals surface area contributed by atoms with Gasteiger partial charge in [-0.1, -0.05) is 24.3 Å². The van der Waals surface area contributed by atoms with Crippen molar-refractivity contribution in [2.75, 3.05) is 39.3 Å². The van der Waals surface area contributed by atoms with Crippen LogP contribution in [0.15, 0.2) is 78.1 Å². The van der Waals surface area contributed by atoms with Crippen LogP contribution in [0.4, 0.5) is 0 Å². The molecule has 0 bridgehead atoms. The van der Waals surface area contributed by atoms with Crippen LogP contribution in [0.5, 0.6) is 5.75 Å². The van der Waals surface area contributed by atoms with Gasteiger partial charge in [-0.2, -0.15) is 0 Å². The second kappa shape index (κ2) is 14.3. The van der Waals surface area contributed by atoms with Gasteiger partial charge in [0.2, 0.25) is 5.56 Å². The molecule has 40 heavy (non-hydrogen) atoms. The first-order valence-corrected chi connectivity index (χ1v) is 14.8. The van der Waals surface area contributed by atoms with Crippen LogP contribution in [-0.2, 0) is 13.1 Å². The summed E-state index contributed by atoms with van der Waals surface area (Å²) in [7, 11) is 0. The zero-order valence-electron chi connectivity index (χ0n) is 23.8. The zero-order valence-corrected chi connectivity index (χ0v) is 23.8. The van der Waals surface area contributed by atoms with Gasteiger partial charge in [-0.15, -0.1) is 0 Å². The summed E-state index contributed by atoms with van der Waals surface area (Å²) in [5.74, 6) is 1.61. The molecule has 0 radical (unpaired) electrons. The van der Waals surface area contributed by atoms with Gasteiger partial charge in [0.15, 0.2) is 0 Å². The standard InChI is InChI=1S/C33H43N5O2/c1-27-7-3-4-8-30(27)25-37(21-20-36-17-13-28(14-18-36)24-38-19-15-34-26-38)16-5-2-6-22-40-31-10-11-32-29(23-31)9-12-33(39)35-32/h3-4,7-12,15,19,23,26,28H,2,5-6,13-14,16-18,20-22,24-25H2,1H3,(H,35,39). The van der Waals surface area contributed by atoms with E-state index in [4.69, 9.17) is 4.74 Å². The average molecular weight is 542 g/mol. The van der Waals surface area contributed by atoms with Crippen molar-refractivity contribution in [3.8, 4) is 5.75 Å². The molecule has 7 heteroatoms. The molecule has 0 aliphatic carbocycles. The smallest absolute Gasteiger partial charge is 0.248 e. The molecule has 4 aromatic rings. The lowest BCUT2D eigenvalue weighted by Gasteiger charge is -2.34. The molecule has 0 atom stereocenters. The Kier molecular flexibility index (Phi) is 10.0. The van der Waals surface area contributed by atoms with E-state index in [0.29, 0.717) is 6.61 Å². The van der Waals surface area contributed by atoms with Crippen LogP contribution in [0.2, 0.25) is 0 Å². The highest BCUT2D eigenvalue weighted by atomic mass is 16.5. The van der Waals surface area contributed by atoms with Crippen molar-refractivity contribution < 1.29 is 4.74 Å². The number of aromatic nitrogens is 3. The Labute approximate surface area is 237 Å². The number of fused-ring (bicyclic) bond motifs is 1. The molecule has 1 N–H and O–H groups in total. The number of imidazole rings is 1. The lowest BCUT2D eigenvalue weighted by molar-refractivity contribution is 0.145. The number of piperidine rings is 1. The van der Waals surface area contributed by atoms with Crippen molar-refractivity contribution in [1.82, 2.24) is 24.3 Å². The van der Waals surface area contributed by atoms with Crippen molar-refractivity contribution in [2.45, 2.75) is 52.1 Å². The van der Waals surface area contributed by atoms with Gasteiger partial charge < -0.3 is 19.2 Å². The number of benzene rings is 2. The third-order valence-electron chi connectivity index (χ3n) is 8.21. The Hall–Kier alpha value is -3.42. The van der Waals surface area contributed by atoms with Crippen molar-refractivity contribution in [3.63, 3.8) is 0 Å².